The van der Waals surface area contributed by atoms with E-state index in [0.29, 0.717) is 12.2 Å². The van der Waals surface area contributed by atoms with E-state index in [1.807, 2.05) is 13.0 Å². The Labute approximate surface area is 121 Å². The van der Waals surface area contributed by atoms with Gasteiger partial charge in [0.1, 0.15) is 5.82 Å². The summed E-state index contributed by atoms with van der Waals surface area (Å²) in [5.74, 6) is -0.191. The lowest BCUT2D eigenvalue weighted by atomic mass is 10.1. The zero-order valence-electron chi connectivity index (χ0n) is 12.6. The van der Waals surface area contributed by atoms with E-state index >= 15 is 0 Å². The third-order valence-electron chi connectivity index (χ3n) is 3.51. The first-order chi connectivity index (χ1) is 9.38. The molecule has 0 aliphatic heterocycles. The Morgan fingerprint density at radius 3 is 2.20 bits per heavy atom. The van der Waals surface area contributed by atoms with Crippen molar-refractivity contribution in [3.63, 3.8) is 0 Å². The van der Waals surface area contributed by atoms with E-state index in [4.69, 9.17) is 0 Å². The molecule has 0 saturated carbocycles. The monoisotopic (exact) mass is 287 g/mol. The van der Waals surface area contributed by atoms with Gasteiger partial charge < -0.3 is 5.32 Å². The number of rotatable bonds is 4. The Hall–Kier alpha value is -1.61. The molecule has 106 valence electrons. The highest BCUT2D eigenvalue weighted by Crippen LogP contribution is 2.19. The van der Waals surface area contributed by atoms with Crippen LogP contribution in [-0.4, -0.2) is 8.07 Å². The minimum Gasteiger partial charge on any atom is -0.378 e. The van der Waals surface area contributed by atoms with E-state index in [1.165, 1.54) is 16.8 Å². The van der Waals surface area contributed by atoms with Crippen LogP contribution in [0.15, 0.2) is 42.5 Å². The van der Waals surface area contributed by atoms with Gasteiger partial charge in [-0.05, 0) is 24.1 Å². The molecule has 0 atom stereocenters. The second kappa shape index (κ2) is 5.79. The smallest absolute Gasteiger partial charge is 0.146 e. The molecule has 1 nitrogen and oxygen atoms in total. The molecule has 2 aromatic rings. The van der Waals surface area contributed by atoms with Crippen LogP contribution < -0.4 is 10.5 Å². The molecule has 3 heteroatoms. The predicted octanol–water partition coefficient (Wildman–Crippen LogP) is 4.29. The number of hydrogen-bond donors (Lipinski definition) is 1. The van der Waals surface area contributed by atoms with Gasteiger partial charge in [0.2, 0.25) is 0 Å². The van der Waals surface area contributed by atoms with E-state index in [2.05, 4.69) is 49.2 Å². The fraction of sp³-hybridized carbons (Fsp3) is 0.294. The largest absolute Gasteiger partial charge is 0.378 e. The molecule has 0 aliphatic carbocycles. The standard InChI is InChI=1S/C17H22FNSi/c1-13-6-5-7-16(18)17(13)19-12-14-8-10-15(11-9-14)20(2,3)4/h5-11,19H,12H2,1-4H3. The van der Waals surface area contributed by atoms with Gasteiger partial charge in [-0.15, -0.1) is 0 Å². The van der Waals surface area contributed by atoms with Crippen LogP contribution >= 0.6 is 0 Å². The van der Waals surface area contributed by atoms with Gasteiger partial charge in [0.15, 0.2) is 0 Å². The highest BCUT2D eigenvalue weighted by Gasteiger charge is 2.15. The van der Waals surface area contributed by atoms with Crippen LogP contribution in [0, 0.1) is 12.7 Å². The molecule has 0 bridgehead atoms. The Kier molecular flexibility index (Phi) is 4.28. The molecule has 20 heavy (non-hydrogen) atoms. The molecule has 0 aliphatic rings. The normalized spacial score (nSPS) is 11.4. The molecule has 2 rings (SSSR count). The summed E-state index contributed by atoms with van der Waals surface area (Å²) < 4.78 is 13.7. The average Bonchev–Trinajstić information content (AvgIpc) is 2.37. The minimum absolute atomic E-state index is 0.191. The van der Waals surface area contributed by atoms with E-state index in [0.717, 1.165) is 5.56 Å². The first kappa shape index (κ1) is 14.8. The molecule has 0 radical (unpaired) electrons. The molecule has 0 heterocycles. The zero-order valence-corrected chi connectivity index (χ0v) is 13.6. The maximum Gasteiger partial charge on any atom is 0.146 e. The minimum atomic E-state index is -1.24. The number of nitrogens with one attached hydrogen (secondary N) is 1. The van der Waals surface area contributed by atoms with Crippen LogP contribution in [0.5, 0.6) is 0 Å². The Bertz CT molecular complexity index is 565. The summed E-state index contributed by atoms with van der Waals surface area (Å²) in [4.78, 5) is 0. The van der Waals surface area contributed by atoms with Crippen LogP contribution in [0.1, 0.15) is 11.1 Å². The second-order valence-electron chi connectivity index (χ2n) is 6.23. The molecule has 0 saturated heterocycles. The lowest BCUT2D eigenvalue weighted by molar-refractivity contribution is 0.629. The van der Waals surface area contributed by atoms with Crippen molar-refractivity contribution in [2.75, 3.05) is 5.32 Å². The lowest BCUT2D eigenvalue weighted by Gasteiger charge is -2.17. The number of anilines is 1. The second-order valence-corrected chi connectivity index (χ2v) is 11.3. The summed E-state index contributed by atoms with van der Waals surface area (Å²) in [5.41, 5.74) is 2.71. The summed E-state index contributed by atoms with van der Waals surface area (Å²) in [6, 6.07) is 13.8. The van der Waals surface area contributed by atoms with Crippen molar-refractivity contribution in [2.24, 2.45) is 0 Å². The van der Waals surface area contributed by atoms with Crippen LogP contribution in [-0.2, 0) is 6.54 Å². The molecule has 0 fully saturated rings. The van der Waals surface area contributed by atoms with Gasteiger partial charge in [0, 0.05) is 6.54 Å². The third kappa shape index (κ3) is 3.48. The maximum absolute atomic E-state index is 13.7. The van der Waals surface area contributed by atoms with Gasteiger partial charge in [-0.2, -0.15) is 0 Å². The van der Waals surface area contributed by atoms with Gasteiger partial charge in [-0.25, -0.2) is 4.39 Å². The quantitative estimate of drug-likeness (QED) is 0.827. The van der Waals surface area contributed by atoms with Crippen LogP contribution in [0.25, 0.3) is 0 Å². The van der Waals surface area contributed by atoms with Crippen LogP contribution in [0.3, 0.4) is 0 Å². The molecule has 0 amide bonds. The number of aryl methyl sites for hydroxylation is 1. The lowest BCUT2D eigenvalue weighted by Crippen LogP contribution is -2.37. The first-order valence-electron chi connectivity index (χ1n) is 6.96. The highest BCUT2D eigenvalue weighted by molar-refractivity contribution is 6.88. The van der Waals surface area contributed by atoms with Crippen molar-refractivity contribution in [3.05, 3.63) is 59.4 Å². The molecule has 0 spiro atoms. The fourth-order valence-corrected chi connectivity index (χ4v) is 3.34. The number of halogens is 1. The number of para-hydroxylation sites is 1. The highest BCUT2D eigenvalue weighted by atomic mass is 28.3. The molecule has 0 unspecified atom stereocenters. The summed E-state index contributed by atoms with van der Waals surface area (Å²) in [6.07, 6.45) is 0. The summed E-state index contributed by atoms with van der Waals surface area (Å²) in [5, 5.41) is 4.64. The van der Waals surface area contributed by atoms with Gasteiger partial charge in [0.25, 0.3) is 0 Å². The van der Waals surface area contributed by atoms with E-state index in [9.17, 15) is 4.39 Å². The van der Waals surface area contributed by atoms with E-state index in [-0.39, 0.29) is 5.82 Å². The van der Waals surface area contributed by atoms with E-state index < -0.39 is 8.07 Å². The predicted molar refractivity (Wildman–Crippen MR) is 87.9 cm³/mol. The first-order valence-corrected chi connectivity index (χ1v) is 10.5. The van der Waals surface area contributed by atoms with Crippen molar-refractivity contribution < 1.29 is 4.39 Å². The average molecular weight is 287 g/mol. The molecule has 0 aromatic heterocycles. The number of hydrogen-bond acceptors (Lipinski definition) is 1. The molecular formula is C17H22FNSi. The third-order valence-corrected chi connectivity index (χ3v) is 5.58. The summed E-state index contributed by atoms with van der Waals surface area (Å²) >= 11 is 0. The molecule has 2 aromatic carbocycles. The van der Waals surface area contributed by atoms with Gasteiger partial charge >= 0.3 is 0 Å². The van der Waals surface area contributed by atoms with Crippen molar-refractivity contribution in [1.29, 1.82) is 0 Å². The number of benzene rings is 2. The summed E-state index contributed by atoms with van der Waals surface area (Å²) in [7, 11) is -1.24. The van der Waals surface area contributed by atoms with Crippen LogP contribution in [0.2, 0.25) is 19.6 Å². The molecular weight excluding hydrogens is 265 g/mol. The zero-order chi connectivity index (χ0) is 14.8. The summed E-state index contributed by atoms with van der Waals surface area (Å²) in [6.45, 7) is 9.57. The van der Waals surface area contributed by atoms with Crippen molar-refractivity contribution in [1.82, 2.24) is 0 Å². The van der Waals surface area contributed by atoms with Gasteiger partial charge in [-0.3, -0.25) is 0 Å². The van der Waals surface area contributed by atoms with Crippen molar-refractivity contribution in [3.8, 4) is 0 Å². The van der Waals surface area contributed by atoms with Crippen molar-refractivity contribution in [2.45, 2.75) is 33.1 Å². The SMILES string of the molecule is Cc1cccc(F)c1NCc1ccc([Si](C)(C)C)cc1. The van der Waals surface area contributed by atoms with Gasteiger partial charge in [0.05, 0.1) is 13.8 Å². The topological polar surface area (TPSA) is 12.0 Å². The van der Waals surface area contributed by atoms with Gasteiger partial charge in [-0.1, -0.05) is 61.2 Å². The molecule has 1 N–H and O–H groups in total. The fourth-order valence-electron chi connectivity index (χ4n) is 2.17. The maximum atomic E-state index is 13.7. The Morgan fingerprint density at radius 1 is 1.00 bits per heavy atom. The van der Waals surface area contributed by atoms with Crippen LogP contribution in [0.4, 0.5) is 10.1 Å². The van der Waals surface area contributed by atoms with Crippen molar-refractivity contribution >= 4 is 18.9 Å². The van der Waals surface area contributed by atoms with E-state index in [1.54, 1.807) is 6.07 Å². The Morgan fingerprint density at radius 2 is 1.65 bits per heavy atom. The Balaban J connectivity index is 2.08.